The Kier molecular flexibility index (Phi) is 6.97. The molecule has 1 aromatic heterocycles. The summed E-state index contributed by atoms with van der Waals surface area (Å²) in [6.45, 7) is 8.12. The number of likely N-dealkylation sites (tertiary alicyclic amines) is 1. The number of amides is 1. The van der Waals surface area contributed by atoms with Gasteiger partial charge in [0.2, 0.25) is 5.91 Å². The number of hydrogen-bond donors (Lipinski definition) is 1. The predicted octanol–water partition coefficient (Wildman–Crippen LogP) is 7.35. The molecule has 3 aromatic rings. The molecule has 7 heteroatoms. The van der Waals surface area contributed by atoms with E-state index in [9.17, 15) is 9.90 Å². The summed E-state index contributed by atoms with van der Waals surface area (Å²) in [7, 11) is 0. The molecule has 1 aliphatic rings. The highest BCUT2D eigenvalue weighted by atomic mass is 35.5. The first-order valence-electron chi connectivity index (χ1n) is 11.7. The van der Waals surface area contributed by atoms with Crippen molar-refractivity contribution in [3.8, 4) is 5.88 Å². The first kappa shape index (κ1) is 24.6. The summed E-state index contributed by atoms with van der Waals surface area (Å²) in [5.74, 6) is -0.281. The highest BCUT2D eigenvalue weighted by Gasteiger charge is 2.57. The van der Waals surface area contributed by atoms with Gasteiger partial charge in [0.1, 0.15) is 5.76 Å². The summed E-state index contributed by atoms with van der Waals surface area (Å²) in [6.07, 6.45) is 1.66. The van der Waals surface area contributed by atoms with E-state index in [1.54, 1.807) is 0 Å². The van der Waals surface area contributed by atoms with Gasteiger partial charge >= 0.3 is 0 Å². The molecule has 1 saturated heterocycles. The minimum absolute atomic E-state index is 0.0420. The summed E-state index contributed by atoms with van der Waals surface area (Å²) < 4.78 is 5.60. The van der Waals surface area contributed by atoms with Crippen molar-refractivity contribution >= 4 is 29.1 Å². The van der Waals surface area contributed by atoms with E-state index >= 15 is 0 Å². The third-order valence-electron chi connectivity index (χ3n) is 7.17. The highest BCUT2D eigenvalue weighted by Crippen LogP contribution is 2.58. The van der Waals surface area contributed by atoms with Gasteiger partial charge in [-0.15, -0.1) is 0 Å². The third-order valence-corrected chi connectivity index (χ3v) is 7.65. The fourth-order valence-electron chi connectivity index (χ4n) is 5.55. The number of hydrogen-bond acceptors (Lipinski definition) is 4. The number of carbonyl (C=O) groups excluding carboxylic acids is 1. The van der Waals surface area contributed by atoms with Crippen LogP contribution in [-0.2, 0) is 4.79 Å². The molecule has 4 rings (SSSR count). The van der Waals surface area contributed by atoms with Crippen molar-refractivity contribution in [1.82, 2.24) is 10.1 Å². The van der Waals surface area contributed by atoms with Crippen LogP contribution in [0.3, 0.4) is 0 Å². The second-order valence-electron chi connectivity index (χ2n) is 9.55. The van der Waals surface area contributed by atoms with E-state index in [0.717, 1.165) is 24.0 Å². The summed E-state index contributed by atoms with van der Waals surface area (Å²) in [5, 5.41) is 15.0. The van der Waals surface area contributed by atoms with Crippen LogP contribution in [0, 0.1) is 5.41 Å². The maximum atomic E-state index is 14.2. The van der Waals surface area contributed by atoms with Crippen LogP contribution in [0.15, 0.2) is 59.1 Å². The molecule has 1 N–H and O–H groups in total. The number of carbonyl (C=O) groups is 1. The average Bonchev–Trinajstić information content (AvgIpc) is 3.23. The number of nitrogens with zero attached hydrogens (tertiary/aromatic N) is 2. The number of benzene rings is 2. The van der Waals surface area contributed by atoms with Crippen LogP contribution < -0.4 is 0 Å². The Morgan fingerprint density at radius 1 is 1.03 bits per heavy atom. The van der Waals surface area contributed by atoms with Gasteiger partial charge in [0.05, 0.1) is 11.5 Å². The monoisotopic (exact) mass is 500 g/mol. The molecule has 0 radical (unpaired) electrons. The van der Waals surface area contributed by atoms with E-state index in [-0.39, 0.29) is 29.8 Å². The quantitative estimate of drug-likeness (QED) is 0.383. The molecule has 5 nitrogen and oxygen atoms in total. The lowest BCUT2D eigenvalue weighted by Crippen LogP contribution is -2.57. The van der Waals surface area contributed by atoms with Crippen molar-refractivity contribution in [2.45, 2.75) is 64.5 Å². The first-order chi connectivity index (χ1) is 16.2. The van der Waals surface area contributed by atoms with Gasteiger partial charge in [-0.05, 0) is 53.4 Å². The van der Waals surface area contributed by atoms with Gasteiger partial charge < -0.3 is 14.5 Å². The lowest BCUT2D eigenvalue weighted by molar-refractivity contribution is -0.156. The molecule has 2 aromatic carbocycles. The standard InChI is InChI=1S/C27H30Cl2N2O3/c1-5-20(6-2)31-25(16-10-12-18(28)13-11-16)23(17-8-7-9-19(29)14-17)24(27(3,4)26(31)33)21-15-22(32)30-34-21/h7-15,20,23-25H,5-6H2,1-4H3,(H,30,32). The molecule has 1 aliphatic heterocycles. The number of rotatable bonds is 6. The normalized spacial score (nSPS) is 22.4. The Morgan fingerprint density at radius 2 is 1.71 bits per heavy atom. The number of piperidine rings is 1. The lowest BCUT2D eigenvalue weighted by atomic mass is 9.60. The minimum atomic E-state index is -0.829. The van der Waals surface area contributed by atoms with Gasteiger partial charge in [-0.25, -0.2) is 0 Å². The zero-order chi connectivity index (χ0) is 24.6. The Balaban J connectivity index is 2.03. The van der Waals surface area contributed by atoms with Gasteiger partial charge in [0.15, 0.2) is 0 Å². The molecule has 1 fully saturated rings. The average molecular weight is 501 g/mol. The number of aromatic nitrogens is 1. The number of halogens is 2. The van der Waals surface area contributed by atoms with Gasteiger partial charge in [0, 0.05) is 34.0 Å². The molecule has 3 atom stereocenters. The molecular weight excluding hydrogens is 471 g/mol. The molecule has 0 bridgehead atoms. The molecular formula is C27H30Cl2N2O3. The van der Waals surface area contributed by atoms with Crippen molar-refractivity contribution in [3.05, 3.63) is 81.5 Å². The fourth-order valence-corrected chi connectivity index (χ4v) is 5.87. The number of aromatic hydroxyl groups is 1. The molecule has 3 unspecified atom stereocenters. The molecule has 0 aliphatic carbocycles. The third kappa shape index (κ3) is 4.32. The maximum absolute atomic E-state index is 14.2. The van der Waals surface area contributed by atoms with E-state index < -0.39 is 11.3 Å². The van der Waals surface area contributed by atoms with E-state index in [1.165, 1.54) is 6.07 Å². The molecule has 0 saturated carbocycles. The molecule has 180 valence electrons. The Morgan fingerprint density at radius 3 is 2.26 bits per heavy atom. The lowest BCUT2D eigenvalue weighted by Gasteiger charge is -2.54. The van der Waals surface area contributed by atoms with E-state index in [0.29, 0.717) is 15.8 Å². The molecule has 1 amide bonds. The summed E-state index contributed by atoms with van der Waals surface area (Å²) in [4.78, 5) is 16.3. The van der Waals surface area contributed by atoms with Crippen molar-refractivity contribution in [3.63, 3.8) is 0 Å². The summed E-state index contributed by atoms with van der Waals surface area (Å²) in [6, 6.07) is 16.7. The van der Waals surface area contributed by atoms with E-state index in [1.807, 2.05) is 62.4 Å². The van der Waals surface area contributed by atoms with Crippen molar-refractivity contribution in [2.24, 2.45) is 5.41 Å². The SMILES string of the molecule is CCC(CC)N1C(=O)C(C)(C)C(c2cc(O)no2)C(c2cccc(Cl)c2)C1c1ccc(Cl)cc1. The Hall–Kier alpha value is -2.50. The zero-order valence-corrected chi connectivity index (χ0v) is 21.3. The van der Waals surface area contributed by atoms with E-state index in [4.69, 9.17) is 27.7 Å². The van der Waals surface area contributed by atoms with Crippen LogP contribution in [0.1, 0.15) is 75.3 Å². The predicted molar refractivity (Wildman–Crippen MR) is 134 cm³/mol. The van der Waals surface area contributed by atoms with Crippen LogP contribution in [-0.4, -0.2) is 27.1 Å². The van der Waals surface area contributed by atoms with Gasteiger partial charge in [-0.3, -0.25) is 4.79 Å². The summed E-state index contributed by atoms with van der Waals surface area (Å²) >= 11 is 12.7. The van der Waals surface area contributed by atoms with Crippen LogP contribution >= 0.6 is 23.2 Å². The first-order valence-corrected chi connectivity index (χ1v) is 12.4. The second kappa shape index (κ2) is 9.63. The Labute approximate surface area is 210 Å². The molecule has 34 heavy (non-hydrogen) atoms. The zero-order valence-electron chi connectivity index (χ0n) is 19.8. The smallest absolute Gasteiger partial charge is 0.251 e. The van der Waals surface area contributed by atoms with Crippen molar-refractivity contribution in [1.29, 1.82) is 0 Å². The largest absolute Gasteiger partial charge is 0.491 e. The Bertz CT molecular complexity index is 1150. The van der Waals surface area contributed by atoms with Crippen molar-refractivity contribution < 1.29 is 14.4 Å². The maximum Gasteiger partial charge on any atom is 0.251 e. The van der Waals surface area contributed by atoms with Crippen LogP contribution in [0.25, 0.3) is 0 Å². The minimum Gasteiger partial charge on any atom is -0.491 e. The van der Waals surface area contributed by atoms with Crippen LogP contribution in [0.2, 0.25) is 10.0 Å². The topological polar surface area (TPSA) is 66.6 Å². The van der Waals surface area contributed by atoms with Gasteiger partial charge in [-0.2, -0.15) is 0 Å². The van der Waals surface area contributed by atoms with Crippen LogP contribution in [0.5, 0.6) is 5.88 Å². The second-order valence-corrected chi connectivity index (χ2v) is 10.4. The highest BCUT2D eigenvalue weighted by molar-refractivity contribution is 6.30. The fraction of sp³-hybridized carbons (Fsp3) is 0.407. The molecule has 0 spiro atoms. The van der Waals surface area contributed by atoms with Crippen molar-refractivity contribution in [2.75, 3.05) is 0 Å². The van der Waals surface area contributed by atoms with Gasteiger partial charge in [0.25, 0.3) is 5.88 Å². The van der Waals surface area contributed by atoms with Gasteiger partial charge in [-0.1, -0.05) is 75.2 Å². The summed E-state index contributed by atoms with van der Waals surface area (Å²) in [5.41, 5.74) is 1.15. The molecule has 2 heterocycles. The van der Waals surface area contributed by atoms with Crippen LogP contribution in [0.4, 0.5) is 0 Å². The van der Waals surface area contributed by atoms with E-state index in [2.05, 4.69) is 23.9 Å².